The minimum Gasteiger partial charge on any atom is -0.356 e. The first-order valence-electron chi connectivity index (χ1n) is 7.55. The van der Waals surface area contributed by atoms with E-state index in [0.717, 1.165) is 43.6 Å². The molecule has 2 heterocycles. The van der Waals surface area contributed by atoms with Gasteiger partial charge in [-0.25, -0.2) is 4.98 Å². The first-order valence-corrected chi connectivity index (χ1v) is 7.55. The fraction of sp³-hybridized carbons (Fsp3) is 0.688. The summed E-state index contributed by atoms with van der Waals surface area (Å²) in [4.78, 5) is 7.02. The normalized spacial score (nSPS) is 21.1. The van der Waals surface area contributed by atoms with Gasteiger partial charge in [0.2, 0.25) is 0 Å². The van der Waals surface area contributed by atoms with E-state index < -0.39 is 0 Å². The van der Waals surface area contributed by atoms with Gasteiger partial charge in [0.05, 0.1) is 0 Å². The Bertz CT molecular complexity index is 385. The number of anilines is 1. The number of hydrogen-bond donors (Lipinski definition) is 1. The predicted molar refractivity (Wildman–Crippen MR) is 81.4 cm³/mol. The van der Waals surface area contributed by atoms with Crippen molar-refractivity contribution in [3.8, 4) is 0 Å². The van der Waals surface area contributed by atoms with Gasteiger partial charge in [-0.15, -0.1) is 0 Å². The summed E-state index contributed by atoms with van der Waals surface area (Å²) >= 11 is 0. The lowest BCUT2D eigenvalue weighted by Gasteiger charge is -2.19. The molecular weight excluding hydrogens is 234 g/mol. The van der Waals surface area contributed by atoms with E-state index in [9.17, 15) is 0 Å². The Morgan fingerprint density at radius 3 is 2.74 bits per heavy atom. The summed E-state index contributed by atoms with van der Waals surface area (Å²) in [6.45, 7) is 9.05. The van der Waals surface area contributed by atoms with Gasteiger partial charge in [0, 0.05) is 25.3 Å². The molecule has 3 heteroatoms. The van der Waals surface area contributed by atoms with Crippen molar-refractivity contribution in [2.75, 3.05) is 18.0 Å². The molecule has 2 atom stereocenters. The van der Waals surface area contributed by atoms with Crippen molar-refractivity contribution >= 4 is 5.82 Å². The molecule has 2 N–H and O–H groups in total. The van der Waals surface area contributed by atoms with Crippen molar-refractivity contribution < 1.29 is 0 Å². The van der Waals surface area contributed by atoms with Crippen LogP contribution in [0.5, 0.6) is 0 Å². The van der Waals surface area contributed by atoms with E-state index in [1.54, 1.807) is 0 Å². The first kappa shape index (κ1) is 14.3. The van der Waals surface area contributed by atoms with Crippen molar-refractivity contribution in [1.29, 1.82) is 0 Å². The molecular formula is C16H27N3. The summed E-state index contributed by atoms with van der Waals surface area (Å²) in [6.07, 6.45) is 5.23. The van der Waals surface area contributed by atoms with Gasteiger partial charge >= 0.3 is 0 Å². The van der Waals surface area contributed by atoms with Crippen molar-refractivity contribution in [2.45, 2.75) is 46.1 Å². The van der Waals surface area contributed by atoms with Gasteiger partial charge in [0.15, 0.2) is 0 Å². The quantitative estimate of drug-likeness (QED) is 0.886. The van der Waals surface area contributed by atoms with Crippen LogP contribution in [0.4, 0.5) is 5.82 Å². The van der Waals surface area contributed by atoms with Crippen LogP contribution < -0.4 is 10.6 Å². The predicted octanol–water partition coefficient (Wildman–Crippen LogP) is 2.84. The molecule has 106 valence electrons. The Hall–Kier alpha value is -1.09. The fourth-order valence-electron chi connectivity index (χ4n) is 2.71. The lowest BCUT2D eigenvalue weighted by Crippen LogP contribution is -2.23. The lowest BCUT2D eigenvalue weighted by molar-refractivity contribution is 0.422. The summed E-state index contributed by atoms with van der Waals surface area (Å²) in [7, 11) is 0. The summed E-state index contributed by atoms with van der Waals surface area (Å²) in [6, 6.07) is 4.59. The third kappa shape index (κ3) is 3.69. The number of aromatic nitrogens is 1. The van der Waals surface area contributed by atoms with Gasteiger partial charge in [-0.2, -0.15) is 0 Å². The number of nitrogens with two attached hydrogens (primary N) is 1. The highest BCUT2D eigenvalue weighted by Crippen LogP contribution is 2.27. The molecule has 19 heavy (non-hydrogen) atoms. The Kier molecular flexibility index (Phi) is 4.81. The molecule has 1 aliphatic heterocycles. The maximum Gasteiger partial charge on any atom is 0.128 e. The zero-order valence-corrected chi connectivity index (χ0v) is 12.5. The third-order valence-electron chi connectivity index (χ3n) is 4.32. The van der Waals surface area contributed by atoms with E-state index in [1.807, 2.05) is 6.20 Å². The summed E-state index contributed by atoms with van der Waals surface area (Å²) in [5, 5.41) is 0. The Labute approximate surface area is 117 Å². The topological polar surface area (TPSA) is 42.1 Å². The van der Waals surface area contributed by atoms with Crippen LogP contribution in [0.2, 0.25) is 0 Å². The Morgan fingerprint density at radius 2 is 2.21 bits per heavy atom. The highest BCUT2D eigenvalue weighted by atomic mass is 15.2. The molecule has 1 fully saturated rings. The molecule has 1 aromatic heterocycles. The molecule has 1 saturated heterocycles. The monoisotopic (exact) mass is 261 g/mol. The standard InChI is InChI=1S/C16H27N3/c1-4-15(17)9-13-5-6-16(18-10-13)19-8-7-14(11-19)12(2)3/h5-6,10,12,14-15H,4,7-9,11,17H2,1-3H3. The van der Waals surface area contributed by atoms with E-state index >= 15 is 0 Å². The first-order chi connectivity index (χ1) is 9.10. The number of hydrogen-bond acceptors (Lipinski definition) is 3. The van der Waals surface area contributed by atoms with Crippen molar-refractivity contribution in [2.24, 2.45) is 17.6 Å². The summed E-state index contributed by atoms with van der Waals surface area (Å²) in [5.41, 5.74) is 7.23. The molecule has 1 aliphatic rings. The van der Waals surface area contributed by atoms with Crippen molar-refractivity contribution in [3.05, 3.63) is 23.9 Å². The van der Waals surface area contributed by atoms with E-state index in [2.05, 4.69) is 42.8 Å². The molecule has 3 nitrogen and oxygen atoms in total. The van der Waals surface area contributed by atoms with Gasteiger partial charge in [-0.3, -0.25) is 0 Å². The zero-order valence-electron chi connectivity index (χ0n) is 12.5. The van der Waals surface area contributed by atoms with Gasteiger partial charge in [0.1, 0.15) is 5.82 Å². The largest absolute Gasteiger partial charge is 0.356 e. The summed E-state index contributed by atoms with van der Waals surface area (Å²) in [5.74, 6) is 2.71. The molecule has 0 saturated carbocycles. The second-order valence-electron chi connectivity index (χ2n) is 6.14. The molecule has 2 rings (SSSR count). The van der Waals surface area contributed by atoms with Gasteiger partial charge in [-0.1, -0.05) is 26.8 Å². The van der Waals surface area contributed by atoms with Crippen molar-refractivity contribution in [1.82, 2.24) is 4.98 Å². The molecule has 0 bridgehead atoms. The molecule has 0 amide bonds. The van der Waals surface area contributed by atoms with Crippen LogP contribution in [-0.4, -0.2) is 24.1 Å². The second-order valence-corrected chi connectivity index (χ2v) is 6.14. The SMILES string of the molecule is CCC(N)Cc1ccc(N2CCC(C(C)C)C2)nc1. The zero-order chi connectivity index (χ0) is 13.8. The summed E-state index contributed by atoms with van der Waals surface area (Å²) < 4.78 is 0. The van der Waals surface area contributed by atoms with E-state index in [4.69, 9.17) is 5.73 Å². The Morgan fingerprint density at radius 1 is 1.42 bits per heavy atom. The molecule has 2 unspecified atom stereocenters. The van der Waals surface area contributed by atoms with E-state index in [0.29, 0.717) is 0 Å². The maximum absolute atomic E-state index is 5.98. The molecule has 0 aliphatic carbocycles. The minimum atomic E-state index is 0.254. The minimum absolute atomic E-state index is 0.254. The average molecular weight is 261 g/mol. The smallest absolute Gasteiger partial charge is 0.128 e. The van der Waals surface area contributed by atoms with Gasteiger partial charge < -0.3 is 10.6 Å². The number of pyridine rings is 1. The molecule has 1 aromatic rings. The molecule has 0 aromatic carbocycles. The van der Waals surface area contributed by atoms with Gasteiger partial charge in [-0.05, 0) is 42.7 Å². The number of rotatable bonds is 5. The van der Waals surface area contributed by atoms with Crippen LogP contribution in [0.25, 0.3) is 0 Å². The van der Waals surface area contributed by atoms with Crippen LogP contribution >= 0.6 is 0 Å². The lowest BCUT2D eigenvalue weighted by atomic mass is 9.95. The highest BCUT2D eigenvalue weighted by molar-refractivity contribution is 5.40. The van der Waals surface area contributed by atoms with Crippen LogP contribution in [0, 0.1) is 11.8 Å². The van der Waals surface area contributed by atoms with Gasteiger partial charge in [0.25, 0.3) is 0 Å². The molecule has 0 radical (unpaired) electrons. The van der Waals surface area contributed by atoms with Crippen molar-refractivity contribution in [3.63, 3.8) is 0 Å². The van der Waals surface area contributed by atoms with Crippen LogP contribution in [0.3, 0.4) is 0 Å². The fourth-order valence-corrected chi connectivity index (χ4v) is 2.71. The van der Waals surface area contributed by atoms with Crippen LogP contribution in [0.1, 0.15) is 39.2 Å². The van der Waals surface area contributed by atoms with E-state index in [-0.39, 0.29) is 6.04 Å². The van der Waals surface area contributed by atoms with Crippen LogP contribution in [0.15, 0.2) is 18.3 Å². The molecule has 0 spiro atoms. The highest BCUT2D eigenvalue weighted by Gasteiger charge is 2.25. The number of nitrogens with zero attached hydrogens (tertiary/aromatic N) is 2. The second kappa shape index (κ2) is 6.38. The maximum atomic E-state index is 5.98. The van der Waals surface area contributed by atoms with Crippen LogP contribution in [-0.2, 0) is 6.42 Å². The third-order valence-corrected chi connectivity index (χ3v) is 4.32. The van der Waals surface area contributed by atoms with E-state index in [1.165, 1.54) is 12.0 Å². The Balaban J connectivity index is 1.95. The average Bonchev–Trinajstić information content (AvgIpc) is 2.89.